The Morgan fingerprint density at radius 3 is 2.47 bits per heavy atom. The Kier molecular flexibility index (Phi) is 5.90. The Morgan fingerprint density at radius 1 is 1.21 bits per heavy atom. The third-order valence-electron chi connectivity index (χ3n) is 4.34. The molecule has 1 aromatic rings. The van der Waals surface area contributed by atoms with Crippen LogP contribution in [0.15, 0.2) is 30.3 Å². The lowest BCUT2D eigenvalue weighted by Crippen LogP contribution is -2.38. The van der Waals surface area contributed by atoms with Gasteiger partial charge < -0.3 is 4.74 Å². The van der Waals surface area contributed by atoms with Crippen molar-refractivity contribution in [2.75, 3.05) is 5.33 Å². The van der Waals surface area contributed by atoms with E-state index in [1.54, 1.807) is 0 Å². The van der Waals surface area contributed by atoms with Gasteiger partial charge in [0.15, 0.2) is 0 Å². The first kappa shape index (κ1) is 15.1. The highest BCUT2D eigenvalue weighted by Gasteiger charge is 2.35. The van der Waals surface area contributed by atoms with Gasteiger partial charge >= 0.3 is 0 Å². The summed E-state index contributed by atoms with van der Waals surface area (Å²) in [7, 11) is 0. The second-order valence-corrected chi connectivity index (χ2v) is 6.38. The van der Waals surface area contributed by atoms with Crippen LogP contribution < -0.4 is 0 Å². The number of hydrogen-bond donors (Lipinski definition) is 0. The van der Waals surface area contributed by atoms with E-state index in [1.165, 1.54) is 44.1 Å². The topological polar surface area (TPSA) is 9.23 Å². The molecular formula is C17H25BrO. The summed E-state index contributed by atoms with van der Waals surface area (Å²) in [5, 5.41) is 0.964. The van der Waals surface area contributed by atoms with E-state index in [4.69, 9.17) is 4.74 Å². The van der Waals surface area contributed by atoms with E-state index in [0.29, 0.717) is 0 Å². The van der Waals surface area contributed by atoms with Crippen molar-refractivity contribution < 1.29 is 4.74 Å². The number of alkyl halides is 1. The smallest absolute Gasteiger partial charge is 0.0783 e. The molecule has 0 saturated heterocycles. The minimum Gasteiger partial charge on any atom is -0.369 e. The van der Waals surface area contributed by atoms with Crippen molar-refractivity contribution in [3.05, 3.63) is 35.9 Å². The van der Waals surface area contributed by atoms with E-state index in [2.05, 4.69) is 53.2 Å². The van der Waals surface area contributed by atoms with Crippen molar-refractivity contribution >= 4 is 15.9 Å². The number of ether oxygens (including phenoxy) is 1. The normalized spacial score (nSPS) is 27.4. The van der Waals surface area contributed by atoms with Gasteiger partial charge in [-0.15, -0.1) is 0 Å². The van der Waals surface area contributed by atoms with Crippen molar-refractivity contribution in [1.29, 1.82) is 0 Å². The second kappa shape index (κ2) is 7.44. The molecule has 1 aliphatic rings. The third kappa shape index (κ3) is 4.32. The maximum atomic E-state index is 6.29. The lowest BCUT2D eigenvalue weighted by molar-refractivity contribution is -0.0705. The third-order valence-corrected chi connectivity index (χ3v) is 5.37. The minimum absolute atomic E-state index is 0.0695. The maximum Gasteiger partial charge on any atom is 0.0783 e. The highest BCUT2D eigenvalue weighted by atomic mass is 79.9. The molecule has 0 aliphatic heterocycles. The molecule has 19 heavy (non-hydrogen) atoms. The van der Waals surface area contributed by atoms with E-state index in [9.17, 15) is 0 Å². The number of benzene rings is 1. The van der Waals surface area contributed by atoms with Gasteiger partial charge in [-0.2, -0.15) is 0 Å². The lowest BCUT2D eigenvalue weighted by Gasteiger charge is -2.39. The SMILES string of the molecule is CCCC1CCC(CBr)(OCc2ccccc2)CC1. The van der Waals surface area contributed by atoms with Crippen LogP contribution in [0.25, 0.3) is 0 Å². The summed E-state index contributed by atoms with van der Waals surface area (Å²) in [4.78, 5) is 0. The zero-order valence-electron chi connectivity index (χ0n) is 11.9. The summed E-state index contributed by atoms with van der Waals surface area (Å²) in [5.74, 6) is 0.928. The summed E-state index contributed by atoms with van der Waals surface area (Å²) < 4.78 is 6.29. The van der Waals surface area contributed by atoms with Crippen LogP contribution in [0.2, 0.25) is 0 Å². The average Bonchev–Trinajstić information content (AvgIpc) is 2.48. The van der Waals surface area contributed by atoms with Gasteiger partial charge in [0.2, 0.25) is 0 Å². The highest BCUT2D eigenvalue weighted by Crippen LogP contribution is 2.38. The lowest BCUT2D eigenvalue weighted by atomic mass is 9.78. The molecule has 1 aromatic carbocycles. The van der Waals surface area contributed by atoms with Gasteiger partial charge in [0, 0.05) is 5.33 Å². The molecule has 2 rings (SSSR count). The molecule has 0 N–H and O–H groups in total. The Balaban J connectivity index is 1.86. The first-order chi connectivity index (χ1) is 9.28. The van der Waals surface area contributed by atoms with Gasteiger partial charge in [-0.3, -0.25) is 0 Å². The number of hydrogen-bond acceptors (Lipinski definition) is 1. The van der Waals surface area contributed by atoms with E-state index in [0.717, 1.165) is 17.9 Å². The quantitative estimate of drug-likeness (QED) is 0.643. The fraction of sp³-hybridized carbons (Fsp3) is 0.647. The summed E-state index contributed by atoms with van der Waals surface area (Å²) in [6.07, 6.45) is 7.77. The molecule has 2 heteroatoms. The second-order valence-electron chi connectivity index (χ2n) is 5.82. The van der Waals surface area contributed by atoms with Crippen LogP contribution in [0.3, 0.4) is 0 Å². The molecule has 1 aliphatic carbocycles. The molecule has 1 fully saturated rings. The molecule has 1 saturated carbocycles. The molecule has 1 nitrogen and oxygen atoms in total. The monoisotopic (exact) mass is 324 g/mol. The minimum atomic E-state index is 0.0695. The van der Waals surface area contributed by atoms with Gasteiger partial charge in [0.05, 0.1) is 12.2 Å². The molecule has 0 aromatic heterocycles. The summed E-state index contributed by atoms with van der Waals surface area (Å²) >= 11 is 3.68. The molecule has 0 radical (unpaired) electrons. The van der Waals surface area contributed by atoms with Crippen LogP contribution >= 0.6 is 15.9 Å². The highest BCUT2D eigenvalue weighted by molar-refractivity contribution is 9.09. The van der Waals surface area contributed by atoms with Gasteiger partial charge in [0.1, 0.15) is 0 Å². The number of halogens is 1. The molecule has 0 bridgehead atoms. The largest absolute Gasteiger partial charge is 0.369 e. The maximum absolute atomic E-state index is 6.29. The van der Waals surface area contributed by atoms with Crippen LogP contribution in [0.4, 0.5) is 0 Å². The molecule has 0 unspecified atom stereocenters. The summed E-state index contributed by atoms with van der Waals surface area (Å²) in [6, 6.07) is 10.5. The fourth-order valence-electron chi connectivity index (χ4n) is 3.03. The van der Waals surface area contributed by atoms with E-state index < -0.39 is 0 Å². The van der Waals surface area contributed by atoms with Gasteiger partial charge in [-0.1, -0.05) is 66.0 Å². The molecule has 0 heterocycles. The number of rotatable bonds is 6. The van der Waals surface area contributed by atoms with Gasteiger partial charge in [0.25, 0.3) is 0 Å². The van der Waals surface area contributed by atoms with E-state index in [-0.39, 0.29) is 5.60 Å². The summed E-state index contributed by atoms with van der Waals surface area (Å²) in [5.41, 5.74) is 1.35. The fourth-order valence-corrected chi connectivity index (χ4v) is 3.75. The van der Waals surface area contributed by atoms with Crippen LogP contribution in [0, 0.1) is 5.92 Å². The Hall–Kier alpha value is -0.340. The molecular weight excluding hydrogens is 300 g/mol. The van der Waals surface area contributed by atoms with Crippen molar-refractivity contribution in [3.8, 4) is 0 Å². The van der Waals surface area contributed by atoms with E-state index >= 15 is 0 Å². The Morgan fingerprint density at radius 2 is 1.89 bits per heavy atom. The summed E-state index contributed by atoms with van der Waals surface area (Å²) in [6.45, 7) is 3.03. The Bertz CT molecular complexity index is 355. The van der Waals surface area contributed by atoms with Crippen LogP contribution in [0.1, 0.15) is 51.0 Å². The van der Waals surface area contributed by atoms with Gasteiger partial charge in [-0.25, -0.2) is 0 Å². The van der Waals surface area contributed by atoms with Gasteiger partial charge in [-0.05, 0) is 37.2 Å². The van der Waals surface area contributed by atoms with Crippen LogP contribution in [-0.4, -0.2) is 10.9 Å². The molecule has 106 valence electrons. The van der Waals surface area contributed by atoms with Crippen molar-refractivity contribution in [1.82, 2.24) is 0 Å². The predicted octanol–water partition coefficient (Wildman–Crippen LogP) is 5.33. The van der Waals surface area contributed by atoms with Crippen LogP contribution in [0.5, 0.6) is 0 Å². The van der Waals surface area contributed by atoms with Crippen molar-refractivity contribution in [3.63, 3.8) is 0 Å². The zero-order valence-corrected chi connectivity index (χ0v) is 13.5. The zero-order chi connectivity index (χ0) is 13.6. The first-order valence-electron chi connectivity index (χ1n) is 7.52. The Labute approximate surface area is 125 Å². The predicted molar refractivity (Wildman–Crippen MR) is 84.6 cm³/mol. The molecule has 0 atom stereocenters. The van der Waals surface area contributed by atoms with Crippen molar-refractivity contribution in [2.45, 2.75) is 57.7 Å². The molecule has 0 spiro atoms. The average molecular weight is 325 g/mol. The first-order valence-corrected chi connectivity index (χ1v) is 8.64. The van der Waals surface area contributed by atoms with Crippen LogP contribution in [-0.2, 0) is 11.3 Å². The molecule has 0 amide bonds. The van der Waals surface area contributed by atoms with Crippen molar-refractivity contribution in [2.24, 2.45) is 5.92 Å². The standard InChI is InChI=1S/C17H25BrO/c1-2-6-15-9-11-17(14-18,12-10-15)19-13-16-7-4-3-5-8-16/h3-5,7-8,15H,2,6,9-14H2,1H3. The van der Waals surface area contributed by atoms with E-state index in [1.807, 2.05) is 0 Å².